The molecule has 1 saturated heterocycles. The van der Waals surface area contributed by atoms with Gasteiger partial charge in [0.2, 0.25) is 0 Å². The van der Waals surface area contributed by atoms with Crippen molar-refractivity contribution in [2.75, 3.05) is 6.61 Å². The number of esters is 1. The molecule has 28 heavy (non-hydrogen) atoms. The van der Waals surface area contributed by atoms with Gasteiger partial charge in [0.25, 0.3) is 0 Å². The first-order chi connectivity index (χ1) is 13.0. The second-order valence-corrected chi connectivity index (χ2v) is 9.74. The fourth-order valence-corrected chi connectivity index (χ4v) is 5.43. The molecule has 0 aromatic carbocycles. The van der Waals surface area contributed by atoms with Gasteiger partial charge in [0, 0.05) is 6.92 Å². The predicted molar refractivity (Wildman–Crippen MR) is 104 cm³/mol. The average Bonchev–Trinajstić information content (AvgIpc) is 2.60. The molecule has 3 fully saturated rings. The van der Waals surface area contributed by atoms with E-state index < -0.39 is 36.2 Å². The highest BCUT2D eigenvalue weighted by molar-refractivity contribution is 5.66. The van der Waals surface area contributed by atoms with Gasteiger partial charge in [-0.05, 0) is 69.6 Å². The Kier molecular flexibility index (Phi) is 6.26. The Balaban J connectivity index is 1.71. The molecule has 1 heterocycles. The summed E-state index contributed by atoms with van der Waals surface area (Å²) in [6, 6.07) is 0. The van der Waals surface area contributed by atoms with Crippen molar-refractivity contribution in [2.45, 2.75) is 96.4 Å². The number of aliphatic hydroxyl groups excluding tert-OH is 2. The van der Waals surface area contributed by atoms with E-state index in [1.165, 1.54) is 25.3 Å². The van der Waals surface area contributed by atoms with Crippen molar-refractivity contribution in [2.24, 2.45) is 17.3 Å². The summed E-state index contributed by atoms with van der Waals surface area (Å²) in [6.07, 6.45) is 2.55. The van der Waals surface area contributed by atoms with Gasteiger partial charge >= 0.3 is 5.97 Å². The van der Waals surface area contributed by atoms with Crippen LogP contribution in [0.2, 0.25) is 0 Å². The molecule has 0 spiro atoms. The van der Waals surface area contributed by atoms with Crippen LogP contribution in [0.1, 0.15) is 66.2 Å². The van der Waals surface area contributed by atoms with Crippen molar-refractivity contribution in [3.63, 3.8) is 0 Å². The summed E-state index contributed by atoms with van der Waals surface area (Å²) in [4.78, 5) is 11.5. The number of ether oxygens (including phenoxy) is 3. The molecule has 2 saturated carbocycles. The van der Waals surface area contributed by atoms with E-state index in [2.05, 4.69) is 13.5 Å². The third-order valence-electron chi connectivity index (χ3n) is 7.30. The second kappa shape index (κ2) is 8.05. The lowest BCUT2D eigenvalue weighted by atomic mass is 9.55. The lowest BCUT2D eigenvalue weighted by Crippen LogP contribution is -2.58. The van der Waals surface area contributed by atoms with Crippen LogP contribution in [-0.4, -0.2) is 53.0 Å². The number of aliphatic hydroxyl groups is 2. The predicted octanol–water partition coefficient (Wildman–Crippen LogP) is 2.95. The number of hydrogen-bond donors (Lipinski definition) is 2. The summed E-state index contributed by atoms with van der Waals surface area (Å²) in [5, 5.41) is 20.2. The van der Waals surface area contributed by atoms with Gasteiger partial charge in [-0.1, -0.05) is 19.1 Å². The van der Waals surface area contributed by atoms with Crippen molar-refractivity contribution < 1.29 is 29.2 Å². The molecule has 3 aliphatic rings. The standard InChI is InChI=1S/C22H36O6/c1-13-7-6-9-22(5)10-8-15(11-16(13)22)21(3,4)28-20-19(27-14(2)23)18(25)17(24)12-26-20/h15-20,24-25H,1,6-12H2,2-5H3/t15-,16+,17-,18+,19-,20+,22-/m1/s1. The van der Waals surface area contributed by atoms with Crippen LogP contribution in [0.5, 0.6) is 0 Å². The lowest BCUT2D eigenvalue weighted by Gasteiger charge is -2.52. The average molecular weight is 397 g/mol. The summed E-state index contributed by atoms with van der Waals surface area (Å²) in [5.41, 5.74) is 1.17. The SMILES string of the molecule is C=C1CCC[C@]2(C)CC[C@@H](C(C)(C)O[C@@H]3OC[C@@H](O)[C@H](O)[C@H]3OC(C)=O)C[C@@H]12. The second-order valence-electron chi connectivity index (χ2n) is 9.74. The molecule has 2 N–H and O–H groups in total. The first-order valence-corrected chi connectivity index (χ1v) is 10.5. The van der Waals surface area contributed by atoms with Gasteiger partial charge in [-0.25, -0.2) is 0 Å². The molecule has 0 unspecified atom stereocenters. The zero-order valence-corrected chi connectivity index (χ0v) is 17.6. The number of allylic oxidation sites excluding steroid dienone is 1. The largest absolute Gasteiger partial charge is 0.454 e. The maximum absolute atomic E-state index is 11.5. The molecule has 3 rings (SSSR count). The molecule has 0 radical (unpaired) electrons. The summed E-state index contributed by atoms with van der Waals surface area (Å²) < 4.78 is 17.1. The van der Waals surface area contributed by atoms with Crippen molar-refractivity contribution in [3.8, 4) is 0 Å². The normalized spacial score (nSPS) is 42.0. The van der Waals surface area contributed by atoms with E-state index in [0.717, 1.165) is 25.7 Å². The molecule has 0 aromatic heterocycles. The number of hydrogen-bond acceptors (Lipinski definition) is 6. The highest BCUT2D eigenvalue weighted by atomic mass is 16.7. The summed E-state index contributed by atoms with van der Waals surface area (Å²) in [5.74, 6) is 0.276. The molecular weight excluding hydrogens is 360 g/mol. The minimum absolute atomic E-state index is 0.0537. The molecule has 0 amide bonds. The Hall–Kier alpha value is -0.950. The smallest absolute Gasteiger partial charge is 0.303 e. The third-order valence-corrected chi connectivity index (χ3v) is 7.30. The molecule has 160 valence electrons. The maximum atomic E-state index is 11.5. The molecule has 0 bridgehead atoms. The third kappa shape index (κ3) is 4.30. The topological polar surface area (TPSA) is 85.2 Å². The van der Waals surface area contributed by atoms with Gasteiger partial charge in [-0.15, -0.1) is 0 Å². The van der Waals surface area contributed by atoms with Crippen molar-refractivity contribution in [3.05, 3.63) is 12.2 Å². The van der Waals surface area contributed by atoms with Crippen LogP contribution in [0.4, 0.5) is 0 Å². The molecule has 2 aliphatic carbocycles. The van der Waals surface area contributed by atoms with E-state index in [1.807, 2.05) is 13.8 Å². The zero-order valence-electron chi connectivity index (χ0n) is 17.6. The Morgan fingerprint density at radius 2 is 2.04 bits per heavy atom. The van der Waals surface area contributed by atoms with Crippen LogP contribution >= 0.6 is 0 Å². The number of carbonyl (C=O) groups excluding carboxylic acids is 1. The number of carbonyl (C=O) groups is 1. The van der Waals surface area contributed by atoms with Crippen LogP contribution in [0, 0.1) is 17.3 Å². The Bertz CT molecular complexity index is 602. The molecule has 0 aromatic rings. The lowest BCUT2D eigenvalue weighted by molar-refractivity contribution is -0.308. The molecule has 7 atom stereocenters. The monoisotopic (exact) mass is 396 g/mol. The molecule has 6 nitrogen and oxygen atoms in total. The van der Waals surface area contributed by atoms with E-state index in [0.29, 0.717) is 17.3 Å². The van der Waals surface area contributed by atoms with Gasteiger partial charge in [0.05, 0.1) is 12.2 Å². The van der Waals surface area contributed by atoms with Crippen molar-refractivity contribution in [1.29, 1.82) is 0 Å². The Morgan fingerprint density at radius 3 is 2.71 bits per heavy atom. The quantitative estimate of drug-likeness (QED) is 0.561. The van der Waals surface area contributed by atoms with Crippen LogP contribution in [0.3, 0.4) is 0 Å². The van der Waals surface area contributed by atoms with E-state index in [-0.39, 0.29) is 6.61 Å². The minimum Gasteiger partial charge on any atom is -0.454 e. The zero-order chi connectivity index (χ0) is 20.7. The van der Waals surface area contributed by atoms with Gasteiger partial charge in [-0.2, -0.15) is 0 Å². The van der Waals surface area contributed by atoms with Crippen LogP contribution in [0.25, 0.3) is 0 Å². The Morgan fingerprint density at radius 1 is 1.32 bits per heavy atom. The van der Waals surface area contributed by atoms with Crippen molar-refractivity contribution in [1.82, 2.24) is 0 Å². The van der Waals surface area contributed by atoms with Gasteiger partial charge < -0.3 is 24.4 Å². The maximum Gasteiger partial charge on any atom is 0.303 e. The Labute approximate surface area is 168 Å². The minimum atomic E-state index is -1.23. The van der Waals surface area contributed by atoms with Gasteiger partial charge in [-0.3, -0.25) is 4.79 Å². The first-order valence-electron chi connectivity index (χ1n) is 10.5. The van der Waals surface area contributed by atoms with E-state index >= 15 is 0 Å². The highest BCUT2D eigenvalue weighted by Crippen LogP contribution is 2.55. The summed E-state index contributed by atoms with van der Waals surface area (Å²) in [6.45, 7) is 12.0. The van der Waals surface area contributed by atoms with Crippen LogP contribution < -0.4 is 0 Å². The molecule has 1 aliphatic heterocycles. The first kappa shape index (κ1) is 21.8. The van der Waals surface area contributed by atoms with E-state index in [9.17, 15) is 15.0 Å². The fourth-order valence-electron chi connectivity index (χ4n) is 5.43. The highest BCUT2D eigenvalue weighted by Gasteiger charge is 2.49. The van der Waals surface area contributed by atoms with Crippen LogP contribution in [-0.2, 0) is 19.0 Å². The molecule has 6 heteroatoms. The van der Waals surface area contributed by atoms with Gasteiger partial charge in [0.15, 0.2) is 12.4 Å². The van der Waals surface area contributed by atoms with E-state index in [1.54, 1.807) is 0 Å². The number of rotatable bonds is 4. The summed E-state index contributed by atoms with van der Waals surface area (Å²) in [7, 11) is 0. The van der Waals surface area contributed by atoms with Gasteiger partial charge in [0.1, 0.15) is 12.2 Å². The van der Waals surface area contributed by atoms with Crippen LogP contribution in [0.15, 0.2) is 12.2 Å². The number of fused-ring (bicyclic) bond motifs is 1. The van der Waals surface area contributed by atoms with Crippen molar-refractivity contribution >= 4 is 5.97 Å². The van der Waals surface area contributed by atoms with E-state index in [4.69, 9.17) is 14.2 Å². The molecular formula is C22H36O6. The fraction of sp³-hybridized carbons (Fsp3) is 0.864. The summed E-state index contributed by atoms with van der Waals surface area (Å²) >= 11 is 0.